The second-order valence-electron chi connectivity index (χ2n) is 5.82. The van der Waals surface area contributed by atoms with Crippen molar-refractivity contribution in [1.82, 2.24) is 9.97 Å². The molecule has 5 nitrogen and oxygen atoms in total. The van der Waals surface area contributed by atoms with Gasteiger partial charge in [0.2, 0.25) is 0 Å². The maximum absolute atomic E-state index is 12.4. The fourth-order valence-corrected chi connectivity index (χ4v) is 2.93. The maximum atomic E-state index is 12.4. The number of furan rings is 1. The second-order valence-corrected chi connectivity index (χ2v) is 5.82. The number of carbonyl (C=O) groups excluding carboxylic acids is 1. The van der Waals surface area contributed by atoms with E-state index in [0.29, 0.717) is 18.1 Å². The summed E-state index contributed by atoms with van der Waals surface area (Å²) in [4.78, 5) is 18.9. The van der Waals surface area contributed by atoms with Crippen molar-refractivity contribution in [2.75, 3.05) is 6.61 Å². The van der Waals surface area contributed by atoms with Crippen LogP contribution in [0, 0.1) is 0 Å². The zero-order chi connectivity index (χ0) is 17.9. The van der Waals surface area contributed by atoms with Crippen molar-refractivity contribution in [2.45, 2.75) is 6.92 Å². The largest absolute Gasteiger partial charge is 0.463 e. The monoisotopic (exact) mass is 346 g/mol. The van der Waals surface area contributed by atoms with Gasteiger partial charge in [0.05, 0.1) is 18.6 Å². The van der Waals surface area contributed by atoms with Gasteiger partial charge in [-0.3, -0.25) is 0 Å². The molecule has 0 unspecified atom stereocenters. The van der Waals surface area contributed by atoms with Crippen LogP contribution < -0.4 is 0 Å². The summed E-state index contributed by atoms with van der Waals surface area (Å²) in [5.41, 5.74) is 4.77. The van der Waals surface area contributed by atoms with Gasteiger partial charge in [0.1, 0.15) is 11.5 Å². The molecule has 4 rings (SSSR count). The second kappa shape index (κ2) is 6.80. The van der Waals surface area contributed by atoms with E-state index in [4.69, 9.17) is 9.15 Å². The molecule has 0 fully saturated rings. The molecule has 130 valence electrons. The van der Waals surface area contributed by atoms with Crippen molar-refractivity contribution in [2.24, 2.45) is 0 Å². The summed E-state index contributed by atoms with van der Waals surface area (Å²) < 4.78 is 10.6. The van der Waals surface area contributed by atoms with Crippen LogP contribution in [0.5, 0.6) is 0 Å². The van der Waals surface area contributed by atoms with Gasteiger partial charge in [-0.15, -0.1) is 0 Å². The Hall–Kier alpha value is -3.47. The molecule has 0 spiro atoms. The molecule has 5 heteroatoms. The van der Waals surface area contributed by atoms with Gasteiger partial charge in [-0.1, -0.05) is 30.3 Å². The van der Waals surface area contributed by atoms with Crippen LogP contribution in [0.15, 0.2) is 71.3 Å². The molecular formula is C21H18N2O3. The number of aromatic amines is 2. The predicted molar refractivity (Wildman–Crippen MR) is 99.7 cm³/mol. The highest BCUT2D eigenvalue weighted by molar-refractivity contribution is 5.97. The van der Waals surface area contributed by atoms with Crippen LogP contribution >= 0.6 is 0 Å². The number of rotatable bonds is 5. The van der Waals surface area contributed by atoms with E-state index in [1.165, 1.54) is 0 Å². The molecule has 0 amide bonds. The molecule has 3 aromatic heterocycles. The van der Waals surface area contributed by atoms with E-state index in [9.17, 15) is 4.79 Å². The van der Waals surface area contributed by atoms with Gasteiger partial charge >= 0.3 is 5.97 Å². The van der Waals surface area contributed by atoms with Gasteiger partial charge in [0.25, 0.3) is 0 Å². The number of nitrogens with one attached hydrogen (secondary N) is 2. The van der Waals surface area contributed by atoms with E-state index < -0.39 is 5.97 Å². The van der Waals surface area contributed by atoms with E-state index in [0.717, 1.165) is 28.2 Å². The van der Waals surface area contributed by atoms with Crippen LogP contribution in [0.1, 0.15) is 17.4 Å². The normalized spacial score (nSPS) is 10.8. The molecule has 4 aromatic rings. The zero-order valence-electron chi connectivity index (χ0n) is 14.3. The summed E-state index contributed by atoms with van der Waals surface area (Å²) in [7, 11) is 0. The highest BCUT2D eigenvalue weighted by Crippen LogP contribution is 2.31. The number of benzene rings is 1. The SMILES string of the molecule is CCOC(=O)c1[nH]c(-c2ccco2)cc1-c1ccc(-c2ccccc2)[nH]1. The topological polar surface area (TPSA) is 71.0 Å². The van der Waals surface area contributed by atoms with Crippen molar-refractivity contribution < 1.29 is 13.9 Å². The molecule has 2 N–H and O–H groups in total. The summed E-state index contributed by atoms with van der Waals surface area (Å²) >= 11 is 0. The fraction of sp³-hybridized carbons (Fsp3) is 0.0952. The van der Waals surface area contributed by atoms with Crippen LogP contribution in [0.3, 0.4) is 0 Å². The first-order valence-corrected chi connectivity index (χ1v) is 8.45. The first-order valence-electron chi connectivity index (χ1n) is 8.45. The average molecular weight is 346 g/mol. The van der Waals surface area contributed by atoms with Gasteiger partial charge < -0.3 is 19.1 Å². The third-order valence-corrected chi connectivity index (χ3v) is 4.14. The Labute approximate surface area is 150 Å². The number of aromatic nitrogens is 2. The number of carbonyl (C=O) groups is 1. The maximum Gasteiger partial charge on any atom is 0.355 e. The van der Waals surface area contributed by atoms with E-state index in [-0.39, 0.29) is 0 Å². The van der Waals surface area contributed by atoms with Crippen molar-refractivity contribution in [3.8, 4) is 34.0 Å². The Morgan fingerprint density at radius 1 is 0.962 bits per heavy atom. The molecule has 0 atom stereocenters. The lowest BCUT2D eigenvalue weighted by atomic mass is 10.1. The van der Waals surface area contributed by atoms with Crippen molar-refractivity contribution in [3.05, 3.63) is 72.6 Å². The predicted octanol–water partition coefficient (Wildman–Crippen LogP) is 5.11. The number of ether oxygens (including phenoxy) is 1. The number of esters is 1. The van der Waals surface area contributed by atoms with Crippen molar-refractivity contribution >= 4 is 5.97 Å². The fourth-order valence-electron chi connectivity index (χ4n) is 2.93. The van der Waals surface area contributed by atoms with Crippen LogP contribution in [0.2, 0.25) is 0 Å². The lowest BCUT2D eigenvalue weighted by Crippen LogP contribution is -2.06. The van der Waals surface area contributed by atoms with Gasteiger partial charge in [-0.05, 0) is 42.8 Å². The van der Waals surface area contributed by atoms with Gasteiger partial charge in [-0.2, -0.15) is 0 Å². The third-order valence-electron chi connectivity index (χ3n) is 4.14. The van der Waals surface area contributed by atoms with Crippen LogP contribution in [0.25, 0.3) is 34.0 Å². The van der Waals surface area contributed by atoms with Crippen LogP contribution in [0.4, 0.5) is 0 Å². The minimum atomic E-state index is -0.392. The molecule has 0 saturated heterocycles. The average Bonchev–Trinajstić information content (AvgIpc) is 3.41. The molecule has 0 saturated carbocycles. The Bertz CT molecular complexity index is 1010. The first-order chi connectivity index (χ1) is 12.8. The Morgan fingerprint density at radius 2 is 1.77 bits per heavy atom. The van der Waals surface area contributed by atoms with E-state index in [1.54, 1.807) is 13.2 Å². The summed E-state index contributed by atoms with van der Waals surface area (Å²) in [6.07, 6.45) is 1.60. The Kier molecular flexibility index (Phi) is 4.19. The van der Waals surface area contributed by atoms with Crippen molar-refractivity contribution in [3.63, 3.8) is 0 Å². The zero-order valence-corrected chi connectivity index (χ0v) is 14.3. The van der Waals surface area contributed by atoms with E-state index in [2.05, 4.69) is 9.97 Å². The van der Waals surface area contributed by atoms with E-state index >= 15 is 0 Å². The molecule has 0 radical (unpaired) electrons. The summed E-state index contributed by atoms with van der Waals surface area (Å²) in [5, 5.41) is 0. The highest BCUT2D eigenvalue weighted by Gasteiger charge is 2.20. The van der Waals surface area contributed by atoms with Gasteiger partial charge in [-0.25, -0.2) is 4.79 Å². The lowest BCUT2D eigenvalue weighted by Gasteiger charge is -2.03. The van der Waals surface area contributed by atoms with E-state index in [1.807, 2.05) is 60.7 Å². The highest BCUT2D eigenvalue weighted by atomic mass is 16.5. The third kappa shape index (κ3) is 2.95. The smallest absolute Gasteiger partial charge is 0.355 e. The van der Waals surface area contributed by atoms with Gasteiger partial charge in [0.15, 0.2) is 0 Å². The molecule has 0 bridgehead atoms. The van der Waals surface area contributed by atoms with Crippen molar-refractivity contribution in [1.29, 1.82) is 0 Å². The molecule has 3 heterocycles. The summed E-state index contributed by atoms with van der Waals surface area (Å²) in [6.45, 7) is 2.10. The lowest BCUT2D eigenvalue weighted by molar-refractivity contribution is 0.0521. The van der Waals surface area contributed by atoms with Crippen LogP contribution in [-0.2, 0) is 4.74 Å². The minimum Gasteiger partial charge on any atom is -0.463 e. The Morgan fingerprint density at radius 3 is 2.50 bits per heavy atom. The Balaban J connectivity index is 1.78. The quantitative estimate of drug-likeness (QED) is 0.493. The standard InChI is InChI=1S/C21H18N2O3/c1-2-25-21(24)20-15(13-18(23-20)19-9-6-12-26-19)17-11-10-16(22-17)14-7-4-3-5-8-14/h3-13,22-23H,2H2,1H3. The first kappa shape index (κ1) is 16.0. The molecule has 0 aliphatic rings. The number of H-pyrrole nitrogens is 2. The van der Waals surface area contributed by atoms with Crippen LogP contribution in [-0.4, -0.2) is 22.5 Å². The molecule has 0 aliphatic heterocycles. The summed E-state index contributed by atoms with van der Waals surface area (Å²) in [6, 6.07) is 19.5. The molecule has 0 aliphatic carbocycles. The molecule has 1 aromatic carbocycles. The number of hydrogen-bond donors (Lipinski definition) is 2. The molecular weight excluding hydrogens is 328 g/mol. The minimum absolute atomic E-state index is 0.313. The number of hydrogen-bond acceptors (Lipinski definition) is 3. The molecule has 26 heavy (non-hydrogen) atoms. The summed E-state index contributed by atoms with van der Waals surface area (Å²) in [5.74, 6) is 0.271. The van der Waals surface area contributed by atoms with Gasteiger partial charge in [0, 0.05) is 17.0 Å².